The highest BCUT2D eigenvalue weighted by Crippen LogP contribution is 2.42. The molecule has 0 amide bonds. The Kier molecular flexibility index (Phi) is 10.8. The Balaban J connectivity index is 0.000000251. The van der Waals surface area contributed by atoms with Gasteiger partial charge in [-0.2, -0.15) is 0 Å². The fraction of sp³-hybridized carbons (Fsp3) is 0.409. The normalized spacial score (nSPS) is 12.7. The molecule has 0 atom stereocenters. The number of rotatable bonds is 3. The minimum Gasteiger partial charge on any atom is -0.507 e. The number of phenols is 2. The van der Waals surface area contributed by atoms with Crippen LogP contribution in [0, 0.1) is 13.8 Å². The van der Waals surface area contributed by atoms with Crippen LogP contribution in [-0.4, -0.2) is 10.2 Å². The lowest BCUT2D eigenvalue weighted by molar-refractivity contribution is 0.422. The number of aromatic hydroxyl groups is 2. The zero-order valence-electron chi connectivity index (χ0n) is 31.0. The first kappa shape index (κ1) is 36.7. The summed E-state index contributed by atoms with van der Waals surface area (Å²) >= 11 is 0. The molecule has 0 aromatic heterocycles. The largest absolute Gasteiger partial charge is 0.507 e. The SMILES string of the molecule is Cc1ccc(-c2cc(C(C)(C)C)c(O)c(C(C)(C)C)c2)cc1.Cc1ccc(/C=C/c2cc(C(C)(C)C)c(O)c(C(C)(C)C)c2)cc1. The zero-order chi connectivity index (χ0) is 34.8. The smallest absolute Gasteiger partial charge is 0.123 e. The van der Waals surface area contributed by atoms with Crippen molar-refractivity contribution in [3.05, 3.63) is 117 Å². The van der Waals surface area contributed by atoms with Gasteiger partial charge in [-0.05, 0) is 82.0 Å². The Morgan fingerprint density at radius 2 is 0.696 bits per heavy atom. The molecule has 0 saturated carbocycles. The highest BCUT2D eigenvalue weighted by molar-refractivity contribution is 5.72. The van der Waals surface area contributed by atoms with E-state index in [0.29, 0.717) is 11.5 Å². The summed E-state index contributed by atoms with van der Waals surface area (Å²) in [5.74, 6) is 0.873. The summed E-state index contributed by atoms with van der Waals surface area (Å²) < 4.78 is 0. The van der Waals surface area contributed by atoms with Crippen molar-refractivity contribution in [1.82, 2.24) is 0 Å². The van der Waals surface area contributed by atoms with E-state index in [0.717, 1.165) is 27.8 Å². The van der Waals surface area contributed by atoms with Crippen LogP contribution in [0.1, 0.15) is 128 Å². The van der Waals surface area contributed by atoms with Crippen LogP contribution in [0.2, 0.25) is 0 Å². The number of aryl methyl sites for hydroxylation is 2. The van der Waals surface area contributed by atoms with E-state index >= 15 is 0 Å². The molecule has 0 fully saturated rings. The summed E-state index contributed by atoms with van der Waals surface area (Å²) in [5.41, 5.74) is 10.8. The minimum absolute atomic E-state index is 0.0925. The van der Waals surface area contributed by atoms with Gasteiger partial charge in [-0.25, -0.2) is 0 Å². The molecule has 0 unspecified atom stereocenters. The molecule has 2 nitrogen and oxygen atoms in total. The lowest BCUT2D eigenvalue weighted by atomic mass is 9.78. The average molecular weight is 619 g/mol. The summed E-state index contributed by atoms with van der Waals surface area (Å²) in [6.45, 7) is 29.9. The molecule has 0 aliphatic rings. The molecule has 0 heterocycles. The Labute approximate surface area is 280 Å². The van der Waals surface area contributed by atoms with Crippen molar-refractivity contribution in [1.29, 1.82) is 0 Å². The zero-order valence-corrected chi connectivity index (χ0v) is 31.0. The van der Waals surface area contributed by atoms with Gasteiger partial charge in [0.1, 0.15) is 11.5 Å². The standard InChI is InChI=1S/C23H30O.C21H28O/c1-16-8-10-17(11-9-16)12-13-18-14-19(22(2,3)4)21(24)20(15-18)23(5,6)7;1-14-8-10-15(11-9-14)16-12-17(20(2,3)4)19(22)18(13-16)21(5,6)7/h8-15,24H,1-7H3;8-13,22H,1-7H3/b13-12+;. The van der Waals surface area contributed by atoms with Crippen molar-refractivity contribution in [2.45, 2.75) is 119 Å². The van der Waals surface area contributed by atoms with Crippen LogP contribution in [0.5, 0.6) is 11.5 Å². The van der Waals surface area contributed by atoms with E-state index < -0.39 is 0 Å². The third kappa shape index (κ3) is 9.38. The van der Waals surface area contributed by atoms with Crippen molar-refractivity contribution >= 4 is 12.2 Å². The summed E-state index contributed by atoms with van der Waals surface area (Å²) in [5, 5.41) is 21.6. The maximum absolute atomic E-state index is 10.8. The van der Waals surface area contributed by atoms with Gasteiger partial charge in [0.25, 0.3) is 0 Å². The van der Waals surface area contributed by atoms with E-state index in [4.69, 9.17) is 0 Å². The Bertz CT molecular complexity index is 1590. The highest BCUT2D eigenvalue weighted by atomic mass is 16.3. The quantitative estimate of drug-likeness (QED) is 0.224. The van der Waals surface area contributed by atoms with E-state index in [-0.39, 0.29) is 21.7 Å². The van der Waals surface area contributed by atoms with Crippen molar-refractivity contribution in [2.24, 2.45) is 0 Å². The van der Waals surface area contributed by atoms with Crippen molar-refractivity contribution in [3.8, 4) is 22.6 Å². The molecule has 0 bridgehead atoms. The van der Waals surface area contributed by atoms with E-state index in [1.54, 1.807) is 0 Å². The van der Waals surface area contributed by atoms with Crippen LogP contribution in [0.25, 0.3) is 23.3 Å². The second kappa shape index (κ2) is 13.5. The van der Waals surface area contributed by atoms with Crippen molar-refractivity contribution in [2.75, 3.05) is 0 Å². The van der Waals surface area contributed by atoms with E-state index in [2.05, 4.69) is 182 Å². The summed E-state index contributed by atoms with van der Waals surface area (Å²) in [7, 11) is 0. The van der Waals surface area contributed by atoms with Crippen LogP contribution in [0.4, 0.5) is 0 Å². The molecule has 4 aromatic rings. The van der Waals surface area contributed by atoms with Crippen molar-refractivity contribution in [3.63, 3.8) is 0 Å². The van der Waals surface area contributed by atoms with Gasteiger partial charge in [-0.15, -0.1) is 0 Å². The Hall–Kier alpha value is -3.78. The topological polar surface area (TPSA) is 40.5 Å². The van der Waals surface area contributed by atoms with E-state index in [1.807, 2.05) is 0 Å². The molecular formula is C44H58O2. The average Bonchev–Trinajstić information content (AvgIpc) is 2.92. The molecule has 0 saturated heterocycles. The maximum Gasteiger partial charge on any atom is 0.123 e. The van der Waals surface area contributed by atoms with Crippen LogP contribution < -0.4 is 0 Å². The predicted octanol–water partition coefficient (Wildman–Crippen LogP) is 12.4. The van der Waals surface area contributed by atoms with Gasteiger partial charge in [0, 0.05) is 22.3 Å². The van der Waals surface area contributed by atoms with Gasteiger partial charge in [-0.3, -0.25) is 0 Å². The summed E-state index contributed by atoms with van der Waals surface area (Å²) in [6, 6.07) is 25.6. The van der Waals surface area contributed by atoms with Gasteiger partial charge < -0.3 is 10.2 Å². The van der Waals surface area contributed by atoms with Crippen LogP contribution >= 0.6 is 0 Å². The molecule has 4 aromatic carbocycles. The Morgan fingerprint density at radius 3 is 1.04 bits per heavy atom. The van der Waals surface area contributed by atoms with Crippen LogP contribution in [-0.2, 0) is 21.7 Å². The molecule has 2 N–H and O–H groups in total. The molecule has 4 rings (SSSR count). The molecular weight excluding hydrogens is 560 g/mol. The van der Waals surface area contributed by atoms with Gasteiger partial charge in [-0.1, -0.05) is 155 Å². The molecule has 246 valence electrons. The summed E-state index contributed by atoms with van der Waals surface area (Å²) in [6.07, 6.45) is 4.26. The summed E-state index contributed by atoms with van der Waals surface area (Å²) in [4.78, 5) is 0. The number of hydrogen-bond donors (Lipinski definition) is 2. The predicted molar refractivity (Wildman–Crippen MR) is 201 cm³/mol. The molecule has 2 heteroatoms. The first-order chi connectivity index (χ1) is 21.0. The lowest BCUT2D eigenvalue weighted by Gasteiger charge is -2.28. The van der Waals surface area contributed by atoms with E-state index in [1.165, 1.54) is 27.8 Å². The highest BCUT2D eigenvalue weighted by Gasteiger charge is 2.27. The second-order valence-electron chi connectivity index (χ2n) is 17.0. The van der Waals surface area contributed by atoms with Gasteiger partial charge in [0.15, 0.2) is 0 Å². The maximum atomic E-state index is 10.8. The van der Waals surface area contributed by atoms with Gasteiger partial charge >= 0.3 is 0 Å². The van der Waals surface area contributed by atoms with Crippen molar-refractivity contribution < 1.29 is 10.2 Å². The lowest BCUT2D eigenvalue weighted by Crippen LogP contribution is -2.17. The minimum atomic E-state index is -0.0994. The number of benzene rings is 4. The molecule has 46 heavy (non-hydrogen) atoms. The first-order valence-corrected chi connectivity index (χ1v) is 16.6. The van der Waals surface area contributed by atoms with Crippen LogP contribution in [0.15, 0.2) is 72.8 Å². The van der Waals surface area contributed by atoms with Gasteiger partial charge in [0.05, 0.1) is 0 Å². The number of hydrogen-bond acceptors (Lipinski definition) is 2. The fourth-order valence-corrected chi connectivity index (χ4v) is 5.46. The van der Waals surface area contributed by atoms with Gasteiger partial charge in [0.2, 0.25) is 0 Å². The van der Waals surface area contributed by atoms with Crippen LogP contribution in [0.3, 0.4) is 0 Å². The Morgan fingerprint density at radius 1 is 0.391 bits per heavy atom. The second-order valence-corrected chi connectivity index (χ2v) is 17.0. The molecule has 0 aliphatic carbocycles. The third-order valence-electron chi connectivity index (χ3n) is 8.40. The monoisotopic (exact) mass is 618 g/mol. The number of phenolic OH excluding ortho intramolecular Hbond substituents is 2. The molecule has 0 aliphatic heterocycles. The van der Waals surface area contributed by atoms with E-state index in [9.17, 15) is 10.2 Å². The molecule has 0 radical (unpaired) electrons. The first-order valence-electron chi connectivity index (χ1n) is 16.6. The fourth-order valence-electron chi connectivity index (χ4n) is 5.46. The third-order valence-corrected chi connectivity index (χ3v) is 8.40. The molecule has 0 spiro atoms.